The monoisotopic (exact) mass is 176 g/mol. The number of esters is 1. The molecule has 62 valence electrons. The average molecular weight is 177 g/mol. The van der Waals surface area contributed by atoms with E-state index in [2.05, 4.69) is 4.74 Å². The number of carbonyl (C=O) groups is 2. The minimum absolute atomic E-state index is 0.287. The summed E-state index contributed by atoms with van der Waals surface area (Å²) in [5, 5.41) is -0.424. The molecule has 0 unspecified atom stereocenters. The highest BCUT2D eigenvalue weighted by Crippen LogP contribution is 2.36. The Bertz CT molecular complexity index is 190. The van der Waals surface area contributed by atoms with E-state index in [0.717, 1.165) is 6.42 Å². The molecular weight excluding hydrogens is 168 g/mol. The van der Waals surface area contributed by atoms with E-state index in [1.54, 1.807) is 0 Å². The summed E-state index contributed by atoms with van der Waals surface area (Å²) in [7, 11) is 1.32. The number of hydrogen-bond acceptors (Lipinski definition) is 3. The molecule has 1 aliphatic carbocycles. The van der Waals surface area contributed by atoms with Crippen LogP contribution >= 0.6 is 11.6 Å². The van der Waals surface area contributed by atoms with Crippen LogP contribution in [0.25, 0.3) is 0 Å². The average Bonchev–Trinajstić information content (AvgIpc) is 1.83. The topological polar surface area (TPSA) is 43.4 Å². The van der Waals surface area contributed by atoms with Gasteiger partial charge >= 0.3 is 5.97 Å². The van der Waals surface area contributed by atoms with Crippen molar-refractivity contribution in [3.05, 3.63) is 0 Å². The van der Waals surface area contributed by atoms with Crippen molar-refractivity contribution < 1.29 is 14.3 Å². The Kier molecular flexibility index (Phi) is 2.49. The third-order valence-corrected chi connectivity index (χ3v) is 2.35. The summed E-state index contributed by atoms with van der Waals surface area (Å²) in [5.74, 6) is -0.913. The number of hydrogen-bond donors (Lipinski definition) is 0. The van der Waals surface area contributed by atoms with Gasteiger partial charge in [0.25, 0.3) is 0 Å². The Morgan fingerprint density at radius 1 is 1.36 bits per heavy atom. The van der Waals surface area contributed by atoms with Crippen LogP contribution in [0.3, 0.4) is 0 Å². The minimum Gasteiger partial charge on any atom is -0.469 e. The molecule has 0 aromatic rings. The summed E-state index contributed by atoms with van der Waals surface area (Å²) >= 11 is 5.23. The van der Waals surface area contributed by atoms with E-state index in [9.17, 15) is 9.59 Å². The van der Waals surface area contributed by atoms with Gasteiger partial charge in [0.15, 0.2) is 0 Å². The summed E-state index contributed by atoms with van der Waals surface area (Å²) < 4.78 is 4.48. The van der Waals surface area contributed by atoms with E-state index in [1.807, 2.05) is 0 Å². The van der Waals surface area contributed by atoms with Gasteiger partial charge in [-0.1, -0.05) is 0 Å². The van der Waals surface area contributed by atoms with Crippen molar-refractivity contribution in [3.8, 4) is 0 Å². The van der Waals surface area contributed by atoms with Crippen LogP contribution < -0.4 is 0 Å². The molecule has 1 aliphatic rings. The Hall–Kier alpha value is -0.570. The largest absolute Gasteiger partial charge is 0.469 e. The summed E-state index contributed by atoms with van der Waals surface area (Å²) in [4.78, 5) is 21.5. The molecule has 0 heterocycles. The van der Waals surface area contributed by atoms with Gasteiger partial charge in [0.1, 0.15) is 0 Å². The van der Waals surface area contributed by atoms with Crippen molar-refractivity contribution in [1.82, 2.24) is 0 Å². The molecule has 0 aliphatic heterocycles. The molecular formula is C7H9ClO3. The maximum absolute atomic E-state index is 10.9. The Morgan fingerprint density at radius 3 is 2.18 bits per heavy atom. The lowest BCUT2D eigenvalue weighted by atomic mass is 9.74. The third kappa shape index (κ3) is 1.53. The van der Waals surface area contributed by atoms with Crippen LogP contribution in [0, 0.1) is 11.8 Å². The van der Waals surface area contributed by atoms with Crippen molar-refractivity contribution in [2.45, 2.75) is 12.8 Å². The van der Waals surface area contributed by atoms with Gasteiger partial charge in [0, 0.05) is 5.92 Å². The molecule has 2 atom stereocenters. The van der Waals surface area contributed by atoms with Crippen molar-refractivity contribution in [1.29, 1.82) is 0 Å². The maximum atomic E-state index is 10.9. The minimum atomic E-state index is -0.424. The van der Waals surface area contributed by atoms with Crippen LogP contribution in [0.2, 0.25) is 0 Å². The highest BCUT2D eigenvalue weighted by atomic mass is 35.5. The molecule has 0 bridgehead atoms. The third-order valence-electron chi connectivity index (χ3n) is 2.07. The van der Waals surface area contributed by atoms with Gasteiger partial charge in [-0.25, -0.2) is 0 Å². The van der Waals surface area contributed by atoms with Crippen molar-refractivity contribution >= 4 is 22.8 Å². The van der Waals surface area contributed by atoms with Crippen molar-refractivity contribution in [2.75, 3.05) is 7.11 Å². The Balaban J connectivity index is 2.49. The van der Waals surface area contributed by atoms with Crippen LogP contribution in [-0.2, 0) is 14.3 Å². The van der Waals surface area contributed by atoms with E-state index in [0.29, 0.717) is 6.42 Å². The summed E-state index contributed by atoms with van der Waals surface area (Å²) in [6, 6.07) is 0. The van der Waals surface area contributed by atoms with Gasteiger partial charge in [0.2, 0.25) is 5.24 Å². The fraction of sp³-hybridized carbons (Fsp3) is 0.714. The van der Waals surface area contributed by atoms with Crippen LogP contribution in [0.1, 0.15) is 12.8 Å². The Labute approximate surface area is 69.7 Å². The first-order chi connectivity index (χ1) is 5.16. The van der Waals surface area contributed by atoms with Gasteiger partial charge in [-0.2, -0.15) is 0 Å². The van der Waals surface area contributed by atoms with Crippen LogP contribution in [0.5, 0.6) is 0 Å². The van der Waals surface area contributed by atoms with Crippen molar-refractivity contribution in [3.63, 3.8) is 0 Å². The predicted molar refractivity (Wildman–Crippen MR) is 39.1 cm³/mol. The standard InChI is InChI=1S/C7H9ClO3/c1-11-7(10)5-3-2-4(5)6(8)9/h4-5H,2-3H2,1H3/t4-,5-/m1/s1. The summed E-state index contributed by atoms with van der Waals surface area (Å²) in [6.45, 7) is 0. The van der Waals surface area contributed by atoms with Crippen molar-refractivity contribution in [2.24, 2.45) is 11.8 Å². The molecule has 1 fully saturated rings. The molecule has 0 amide bonds. The Morgan fingerprint density at radius 2 is 1.91 bits per heavy atom. The number of halogens is 1. The molecule has 0 aromatic carbocycles. The second kappa shape index (κ2) is 3.22. The SMILES string of the molecule is COC(=O)[C@@H]1CC[C@H]1C(=O)Cl. The zero-order valence-corrected chi connectivity index (χ0v) is 6.93. The molecule has 0 aromatic heterocycles. The number of methoxy groups -OCH3 is 1. The molecule has 3 nitrogen and oxygen atoms in total. The van der Waals surface area contributed by atoms with E-state index in [-0.39, 0.29) is 17.8 Å². The lowest BCUT2D eigenvalue weighted by Crippen LogP contribution is -2.37. The number of rotatable bonds is 2. The highest BCUT2D eigenvalue weighted by molar-refractivity contribution is 6.64. The first-order valence-corrected chi connectivity index (χ1v) is 3.81. The normalized spacial score (nSPS) is 28.9. The first kappa shape index (κ1) is 8.53. The lowest BCUT2D eigenvalue weighted by Gasteiger charge is -2.30. The zero-order chi connectivity index (χ0) is 8.43. The van der Waals surface area contributed by atoms with Gasteiger partial charge in [-0.15, -0.1) is 0 Å². The van der Waals surface area contributed by atoms with E-state index in [1.165, 1.54) is 7.11 Å². The first-order valence-electron chi connectivity index (χ1n) is 3.44. The number of carbonyl (C=O) groups excluding carboxylic acids is 2. The van der Waals surface area contributed by atoms with Crippen LogP contribution in [0.15, 0.2) is 0 Å². The highest BCUT2D eigenvalue weighted by Gasteiger charge is 2.41. The lowest BCUT2D eigenvalue weighted by molar-refractivity contribution is -0.153. The molecule has 1 rings (SSSR count). The van der Waals surface area contributed by atoms with Crippen LogP contribution in [0.4, 0.5) is 0 Å². The smallest absolute Gasteiger partial charge is 0.309 e. The molecule has 0 N–H and O–H groups in total. The molecule has 4 heteroatoms. The summed E-state index contributed by atoms with van der Waals surface area (Å²) in [6.07, 6.45) is 1.43. The predicted octanol–water partition coefficient (Wildman–Crippen LogP) is 0.951. The van der Waals surface area contributed by atoms with Gasteiger partial charge in [-0.3, -0.25) is 9.59 Å². The second-order valence-corrected chi connectivity index (χ2v) is 2.99. The summed E-state index contributed by atoms with van der Waals surface area (Å²) in [5.41, 5.74) is 0. The molecule has 1 saturated carbocycles. The van der Waals surface area contributed by atoms with E-state index < -0.39 is 5.24 Å². The fourth-order valence-electron chi connectivity index (χ4n) is 1.21. The quantitative estimate of drug-likeness (QED) is 0.465. The zero-order valence-electron chi connectivity index (χ0n) is 6.17. The van der Waals surface area contributed by atoms with Gasteiger partial charge < -0.3 is 4.74 Å². The van der Waals surface area contributed by atoms with E-state index >= 15 is 0 Å². The molecule has 0 spiro atoms. The second-order valence-electron chi connectivity index (χ2n) is 2.62. The molecule has 0 radical (unpaired) electrons. The molecule has 11 heavy (non-hydrogen) atoms. The van der Waals surface area contributed by atoms with E-state index in [4.69, 9.17) is 11.6 Å². The maximum Gasteiger partial charge on any atom is 0.309 e. The van der Waals surface area contributed by atoms with Gasteiger partial charge in [0.05, 0.1) is 13.0 Å². The fourth-order valence-corrected chi connectivity index (χ4v) is 1.47. The van der Waals surface area contributed by atoms with Gasteiger partial charge in [-0.05, 0) is 24.4 Å². The molecule has 0 saturated heterocycles. The number of ether oxygens (including phenoxy) is 1. The van der Waals surface area contributed by atoms with Crippen LogP contribution in [-0.4, -0.2) is 18.3 Å².